The monoisotopic (exact) mass is 797 g/mol. The molecule has 0 atom stereocenters. The van der Waals surface area contributed by atoms with Gasteiger partial charge in [-0.05, 0) is 38.5 Å². The SMILES string of the molecule is CCCCP(=O)(CCCC)CCCC.CCCCP(=O)(CCCC)CCCC.O=C(/C=C(\O)C(F)(F)F)C(F)(F)F.[Eu]. The molecule has 0 bridgehead atoms. The molecule has 1 radical (unpaired) electrons. The molecular formula is C29H56EuF6O4P2. The van der Waals surface area contributed by atoms with Gasteiger partial charge in [0.1, 0.15) is 0 Å². The van der Waals surface area contributed by atoms with Crippen LogP contribution in [0.2, 0.25) is 0 Å². The molecule has 1 N–H and O–H groups in total. The van der Waals surface area contributed by atoms with Gasteiger partial charge < -0.3 is 14.2 Å². The van der Waals surface area contributed by atoms with Crippen LogP contribution in [0.5, 0.6) is 0 Å². The molecule has 0 aliphatic heterocycles. The van der Waals surface area contributed by atoms with Crippen molar-refractivity contribution in [1.29, 1.82) is 0 Å². The Kier molecular flexibility index (Phi) is 33.2. The van der Waals surface area contributed by atoms with E-state index in [9.17, 15) is 40.3 Å². The number of hydrogen-bond acceptors (Lipinski definition) is 4. The van der Waals surface area contributed by atoms with Crippen LogP contribution in [0.4, 0.5) is 26.3 Å². The third-order valence-corrected chi connectivity index (χ3v) is 13.1. The fourth-order valence-electron chi connectivity index (χ4n) is 3.64. The largest absolute Gasteiger partial charge is 0.504 e. The predicted molar refractivity (Wildman–Crippen MR) is 162 cm³/mol. The van der Waals surface area contributed by atoms with E-state index in [2.05, 4.69) is 41.5 Å². The van der Waals surface area contributed by atoms with E-state index in [4.69, 9.17) is 5.11 Å². The van der Waals surface area contributed by atoms with E-state index in [1.807, 2.05) is 0 Å². The quantitative estimate of drug-likeness (QED) is 0.0612. The number of carbonyl (C=O) groups is 1. The summed E-state index contributed by atoms with van der Waals surface area (Å²) >= 11 is 0. The van der Waals surface area contributed by atoms with Gasteiger partial charge in [0.2, 0.25) is 5.76 Å². The molecule has 13 heteroatoms. The molecule has 0 unspecified atom stereocenters. The van der Waals surface area contributed by atoms with Crippen LogP contribution >= 0.6 is 14.3 Å². The number of carbonyl (C=O) groups excluding carboxylic acids is 1. The van der Waals surface area contributed by atoms with Gasteiger partial charge in [-0.1, -0.05) is 80.1 Å². The third kappa shape index (κ3) is 29.5. The minimum atomic E-state index is -5.42. The van der Waals surface area contributed by atoms with E-state index in [0.717, 1.165) is 75.5 Å². The first-order valence-corrected chi connectivity index (χ1v) is 19.7. The second-order valence-electron chi connectivity index (χ2n) is 10.5. The summed E-state index contributed by atoms with van der Waals surface area (Å²) in [6.45, 7) is 13.1. The normalized spacial score (nSPS) is 12.4. The summed E-state index contributed by atoms with van der Waals surface area (Å²) in [6.07, 6.45) is 8.38. The van der Waals surface area contributed by atoms with Crippen LogP contribution in [0.15, 0.2) is 11.8 Å². The van der Waals surface area contributed by atoms with E-state index < -0.39 is 44.3 Å². The Labute approximate surface area is 292 Å². The Bertz CT molecular complexity index is 692. The molecule has 0 fully saturated rings. The molecule has 0 aromatic carbocycles. The molecular weight excluding hydrogens is 740 g/mol. The first-order valence-electron chi connectivity index (χ1n) is 15.1. The van der Waals surface area contributed by atoms with E-state index in [1.165, 1.54) is 38.5 Å². The molecule has 0 heterocycles. The van der Waals surface area contributed by atoms with Gasteiger partial charge >= 0.3 is 12.4 Å². The van der Waals surface area contributed by atoms with Gasteiger partial charge in [0.15, 0.2) is 0 Å². The van der Waals surface area contributed by atoms with Crippen molar-refractivity contribution in [2.24, 2.45) is 0 Å². The van der Waals surface area contributed by atoms with Crippen LogP contribution in [0, 0.1) is 49.4 Å². The summed E-state index contributed by atoms with van der Waals surface area (Å²) in [7, 11) is -3.54. The average molecular weight is 797 g/mol. The molecule has 0 saturated carbocycles. The first kappa shape index (κ1) is 49.7. The summed E-state index contributed by atoms with van der Waals surface area (Å²) in [5.41, 5.74) is 0. The van der Waals surface area contributed by atoms with Crippen molar-refractivity contribution < 1.29 is 94.8 Å². The van der Waals surface area contributed by atoms with Gasteiger partial charge in [0.05, 0.1) is 14.3 Å². The number of alkyl halides is 6. The molecule has 0 aromatic heterocycles. The number of allylic oxidation sites excluding steroid dienone is 2. The summed E-state index contributed by atoms with van der Waals surface area (Å²) in [5.74, 6) is -5.34. The molecule has 0 amide bonds. The number of ketones is 1. The van der Waals surface area contributed by atoms with Crippen molar-refractivity contribution in [3.8, 4) is 0 Å². The molecule has 0 saturated heterocycles. The second-order valence-corrected chi connectivity index (χ2v) is 17.4. The maximum atomic E-state index is 12.5. The topological polar surface area (TPSA) is 71.4 Å². The molecule has 0 spiro atoms. The van der Waals surface area contributed by atoms with Crippen molar-refractivity contribution in [3.63, 3.8) is 0 Å². The fraction of sp³-hybridized carbons (Fsp3) is 0.897. The number of aliphatic hydroxyl groups excluding tert-OH is 1. The van der Waals surface area contributed by atoms with Crippen LogP contribution < -0.4 is 0 Å². The van der Waals surface area contributed by atoms with Crippen molar-refractivity contribution >= 4 is 20.1 Å². The van der Waals surface area contributed by atoms with Gasteiger partial charge in [0, 0.05) is 92.4 Å². The first-order chi connectivity index (χ1) is 18.9. The number of hydrogen-bond donors (Lipinski definition) is 1. The standard InChI is InChI=1S/2C12H27OP.C5H2F6O2.Eu/c2*1-4-7-10-14(13,11-8-5-2)12-9-6-3;6-4(7,8)2(12)1-3(13)5(9,10)11;/h2*4-12H2,1-3H3;1,12H;/b;;2-1-;. The number of unbranched alkanes of at least 4 members (excludes halogenated alkanes) is 6. The van der Waals surface area contributed by atoms with Crippen LogP contribution in [0.25, 0.3) is 0 Å². The number of aliphatic hydroxyl groups is 1. The Morgan fingerprint density at radius 2 is 0.762 bits per heavy atom. The van der Waals surface area contributed by atoms with Crippen LogP contribution in [-0.2, 0) is 13.9 Å². The summed E-state index contributed by atoms with van der Waals surface area (Å²) in [6, 6.07) is 0. The van der Waals surface area contributed by atoms with Crippen molar-refractivity contribution in [2.45, 2.75) is 131 Å². The molecule has 0 aliphatic rings. The van der Waals surface area contributed by atoms with Crippen molar-refractivity contribution in [2.75, 3.05) is 37.0 Å². The van der Waals surface area contributed by atoms with Gasteiger partial charge in [-0.2, -0.15) is 26.3 Å². The van der Waals surface area contributed by atoms with E-state index in [0.29, 0.717) is 0 Å². The van der Waals surface area contributed by atoms with Crippen LogP contribution in [-0.4, -0.2) is 60.2 Å². The minimum absolute atomic E-state index is 0. The Morgan fingerprint density at radius 3 is 0.905 bits per heavy atom. The number of rotatable bonds is 19. The van der Waals surface area contributed by atoms with Gasteiger partial charge in [-0.15, -0.1) is 0 Å². The molecule has 0 rings (SSSR count). The maximum absolute atomic E-state index is 12.5. The zero-order valence-electron chi connectivity index (χ0n) is 26.5. The minimum Gasteiger partial charge on any atom is -0.504 e. The smallest absolute Gasteiger partial charge is 0.454 e. The van der Waals surface area contributed by atoms with Gasteiger partial charge in [-0.3, -0.25) is 4.79 Å². The van der Waals surface area contributed by atoms with E-state index >= 15 is 0 Å². The van der Waals surface area contributed by atoms with Gasteiger partial charge in [0.25, 0.3) is 5.78 Å². The Balaban J connectivity index is -0.000000255. The van der Waals surface area contributed by atoms with Crippen molar-refractivity contribution in [1.82, 2.24) is 0 Å². The number of halogens is 6. The van der Waals surface area contributed by atoms with Crippen LogP contribution in [0.1, 0.15) is 119 Å². The Morgan fingerprint density at radius 1 is 0.548 bits per heavy atom. The van der Waals surface area contributed by atoms with E-state index in [-0.39, 0.29) is 49.4 Å². The summed E-state index contributed by atoms with van der Waals surface area (Å²) in [5, 5.41) is 7.93. The Hall–Kier alpha value is 0.834. The summed E-state index contributed by atoms with van der Waals surface area (Å²) < 4.78 is 93.0. The average Bonchev–Trinajstić information content (AvgIpc) is 2.90. The maximum Gasteiger partial charge on any atom is 0.454 e. The zero-order chi connectivity index (χ0) is 32.6. The molecule has 0 aliphatic carbocycles. The molecule has 4 nitrogen and oxygen atoms in total. The van der Waals surface area contributed by atoms with Crippen LogP contribution in [0.3, 0.4) is 0 Å². The summed E-state index contributed by atoms with van der Waals surface area (Å²) in [4.78, 5) is 9.86. The zero-order valence-corrected chi connectivity index (χ0v) is 30.7. The van der Waals surface area contributed by atoms with Gasteiger partial charge in [-0.25, -0.2) is 0 Å². The molecule has 42 heavy (non-hydrogen) atoms. The molecule has 255 valence electrons. The van der Waals surface area contributed by atoms with E-state index in [1.54, 1.807) is 0 Å². The second kappa shape index (κ2) is 28.1. The third-order valence-electron chi connectivity index (χ3n) is 6.35. The predicted octanol–water partition coefficient (Wildman–Crippen LogP) is 11.6. The fourth-order valence-corrected chi connectivity index (χ4v) is 10.3. The van der Waals surface area contributed by atoms with Crippen molar-refractivity contribution in [3.05, 3.63) is 11.8 Å². The molecule has 0 aromatic rings.